The Morgan fingerprint density at radius 2 is 1.30 bits per heavy atom. The molecule has 0 aromatic heterocycles. The van der Waals surface area contributed by atoms with E-state index >= 15 is 0 Å². The fraction of sp³-hybridized carbons (Fsp3) is 0.0270. The molecule has 10 heteroatoms. The molecule has 0 heterocycles. The predicted molar refractivity (Wildman–Crippen MR) is 188 cm³/mol. The van der Waals surface area contributed by atoms with Crippen molar-refractivity contribution in [2.45, 2.75) is 10.1 Å². The number of carbonyl (C=O) groups is 4. The Morgan fingerprint density at radius 3 is 1.94 bits per heavy atom. The second-order valence-electron chi connectivity index (χ2n) is 10.2. The van der Waals surface area contributed by atoms with Crippen LogP contribution in [0.5, 0.6) is 0 Å². The molecule has 4 N–H and O–H groups in total. The molecule has 8 nitrogen and oxygen atoms in total. The summed E-state index contributed by atoms with van der Waals surface area (Å²) in [4.78, 5) is 51.8. The van der Waals surface area contributed by atoms with Gasteiger partial charge in [-0.25, -0.2) is 4.79 Å². The summed E-state index contributed by atoms with van der Waals surface area (Å²) in [5.74, 6) is -2.26. The number of rotatable bonds is 11. The molecule has 0 radical (unpaired) electrons. The van der Waals surface area contributed by atoms with Gasteiger partial charge in [-0.1, -0.05) is 76.6 Å². The number of nitrogens with one attached hydrogen (secondary N) is 3. The second-order valence-corrected chi connectivity index (χ2v) is 12.3. The van der Waals surface area contributed by atoms with Gasteiger partial charge in [0.25, 0.3) is 11.8 Å². The zero-order valence-corrected chi connectivity index (χ0v) is 27.1. The van der Waals surface area contributed by atoms with Gasteiger partial charge in [0.15, 0.2) is 0 Å². The van der Waals surface area contributed by atoms with Crippen molar-refractivity contribution < 1.29 is 24.3 Å². The van der Waals surface area contributed by atoms with Crippen LogP contribution in [-0.4, -0.2) is 28.8 Å². The number of carbonyl (C=O) groups excluding carboxylic acids is 3. The lowest BCUT2D eigenvalue weighted by atomic mass is 10.1. The largest absolute Gasteiger partial charge is 0.478 e. The highest BCUT2D eigenvalue weighted by molar-refractivity contribution is 9.10. The average molecular weight is 707 g/mol. The number of hydrogen-bond acceptors (Lipinski definition) is 5. The Hall–Kier alpha value is -5.45. The van der Waals surface area contributed by atoms with E-state index in [2.05, 4.69) is 31.9 Å². The summed E-state index contributed by atoms with van der Waals surface area (Å²) >= 11 is 4.77. The fourth-order valence-corrected chi connectivity index (χ4v) is 5.90. The quantitative estimate of drug-likeness (QED) is 0.0815. The molecule has 0 saturated carbocycles. The van der Waals surface area contributed by atoms with Crippen LogP contribution >= 0.6 is 27.7 Å². The minimum atomic E-state index is -1.05. The molecule has 0 saturated heterocycles. The maximum Gasteiger partial charge on any atom is 0.335 e. The molecule has 1 atom stereocenters. The Labute approximate surface area is 284 Å². The predicted octanol–water partition coefficient (Wildman–Crippen LogP) is 8.03. The summed E-state index contributed by atoms with van der Waals surface area (Å²) in [5.41, 5.74) is 3.07. The molecule has 5 aromatic rings. The summed E-state index contributed by atoms with van der Waals surface area (Å²) < 4.78 is 0.826. The average Bonchev–Trinajstić information content (AvgIpc) is 3.08. The molecule has 234 valence electrons. The van der Waals surface area contributed by atoms with Crippen molar-refractivity contribution in [2.75, 3.05) is 10.6 Å². The summed E-state index contributed by atoms with van der Waals surface area (Å²) in [6, 6.07) is 38.3. The van der Waals surface area contributed by atoms with Crippen molar-refractivity contribution in [1.29, 1.82) is 0 Å². The first-order chi connectivity index (χ1) is 22.7. The number of amides is 3. The number of carboxylic acids is 1. The molecule has 5 aromatic carbocycles. The number of hydrogen-bond donors (Lipinski definition) is 4. The lowest BCUT2D eigenvalue weighted by molar-refractivity contribution is -0.116. The summed E-state index contributed by atoms with van der Waals surface area (Å²) in [5, 5.41) is 17.0. The van der Waals surface area contributed by atoms with Crippen LogP contribution < -0.4 is 16.0 Å². The number of benzene rings is 5. The minimum Gasteiger partial charge on any atom is -0.478 e. The molecule has 0 aliphatic carbocycles. The van der Waals surface area contributed by atoms with Gasteiger partial charge in [0.2, 0.25) is 5.91 Å². The van der Waals surface area contributed by atoms with Crippen LogP contribution in [0, 0.1) is 0 Å². The summed E-state index contributed by atoms with van der Waals surface area (Å²) in [7, 11) is 0. The maximum absolute atomic E-state index is 13.4. The van der Waals surface area contributed by atoms with E-state index in [9.17, 15) is 19.2 Å². The van der Waals surface area contributed by atoms with Gasteiger partial charge in [-0.05, 0) is 90.0 Å². The molecule has 0 aliphatic heterocycles. The third kappa shape index (κ3) is 9.29. The van der Waals surface area contributed by atoms with Gasteiger partial charge in [-0.15, -0.1) is 11.8 Å². The maximum atomic E-state index is 13.4. The second kappa shape index (κ2) is 15.7. The molecule has 47 heavy (non-hydrogen) atoms. The van der Waals surface area contributed by atoms with Crippen molar-refractivity contribution in [1.82, 2.24) is 5.32 Å². The fourth-order valence-electron chi connectivity index (χ4n) is 4.46. The highest BCUT2D eigenvalue weighted by Crippen LogP contribution is 2.37. The molecule has 1 unspecified atom stereocenters. The van der Waals surface area contributed by atoms with Gasteiger partial charge in [0.05, 0.1) is 5.56 Å². The lowest BCUT2D eigenvalue weighted by Gasteiger charge is -2.18. The highest BCUT2D eigenvalue weighted by atomic mass is 79.9. The van der Waals surface area contributed by atoms with Crippen LogP contribution in [0.3, 0.4) is 0 Å². The number of halogens is 1. The van der Waals surface area contributed by atoms with Crippen molar-refractivity contribution in [3.05, 3.63) is 166 Å². The number of anilines is 2. The van der Waals surface area contributed by atoms with Crippen LogP contribution in [0.2, 0.25) is 0 Å². The summed E-state index contributed by atoms with van der Waals surface area (Å²) in [6.07, 6.45) is 1.60. The van der Waals surface area contributed by atoms with E-state index in [1.54, 1.807) is 72.8 Å². The first-order valence-electron chi connectivity index (χ1n) is 14.4. The van der Waals surface area contributed by atoms with Crippen LogP contribution in [0.4, 0.5) is 11.4 Å². The van der Waals surface area contributed by atoms with Gasteiger partial charge < -0.3 is 21.1 Å². The van der Waals surface area contributed by atoms with E-state index in [4.69, 9.17) is 5.11 Å². The van der Waals surface area contributed by atoms with Gasteiger partial charge in [0, 0.05) is 26.3 Å². The van der Waals surface area contributed by atoms with E-state index in [1.165, 1.54) is 23.9 Å². The SMILES string of the molecule is O=C(Nc1ccc(SC(C(=O)Nc2ccc(C(=O)O)cc2)c2ccccc2)cc1)/C(=C/c1cccc(Br)c1)NC(=O)c1ccccc1. The van der Waals surface area contributed by atoms with Gasteiger partial charge in [-0.2, -0.15) is 0 Å². The van der Waals surface area contributed by atoms with Gasteiger partial charge in [-0.3, -0.25) is 14.4 Å². The zero-order valence-electron chi connectivity index (χ0n) is 24.7. The molecule has 0 bridgehead atoms. The minimum absolute atomic E-state index is 0.0626. The lowest BCUT2D eigenvalue weighted by Crippen LogP contribution is -2.30. The van der Waals surface area contributed by atoms with Gasteiger partial charge >= 0.3 is 5.97 Å². The van der Waals surface area contributed by atoms with Crippen molar-refractivity contribution in [3.8, 4) is 0 Å². The monoisotopic (exact) mass is 705 g/mol. The van der Waals surface area contributed by atoms with E-state index in [0.717, 1.165) is 14.9 Å². The van der Waals surface area contributed by atoms with E-state index < -0.39 is 23.0 Å². The zero-order chi connectivity index (χ0) is 33.2. The smallest absolute Gasteiger partial charge is 0.335 e. The number of aromatic carboxylic acids is 1. The Bertz CT molecular complexity index is 1920. The van der Waals surface area contributed by atoms with Crippen molar-refractivity contribution in [3.63, 3.8) is 0 Å². The Balaban J connectivity index is 1.32. The molecule has 3 amide bonds. The third-order valence-corrected chi connectivity index (χ3v) is 8.55. The van der Waals surface area contributed by atoms with E-state index in [-0.39, 0.29) is 17.2 Å². The molecule has 5 rings (SSSR count). The molecular formula is C37H28BrN3O5S. The normalized spacial score (nSPS) is 11.6. The molecule has 0 spiro atoms. The molecular weight excluding hydrogens is 678 g/mol. The van der Waals surface area contributed by atoms with Crippen LogP contribution in [0.1, 0.15) is 37.1 Å². The number of thioether (sulfide) groups is 1. The van der Waals surface area contributed by atoms with E-state index in [0.29, 0.717) is 22.5 Å². The van der Waals surface area contributed by atoms with Crippen molar-refractivity contribution >= 4 is 68.8 Å². The first kappa shape index (κ1) is 32.9. The number of carboxylic acid groups (broad SMARTS) is 1. The standard InChI is InChI=1S/C37H28BrN3O5S/c38-28-13-7-8-24(22-28)23-32(41-34(42)26-11-5-2-6-12-26)35(43)39-30-18-20-31(21-19-30)47-33(25-9-3-1-4-10-25)36(44)40-29-16-14-27(15-17-29)37(45)46/h1-23,33H,(H,39,43)(H,40,44)(H,41,42)(H,45,46)/b32-23-. The van der Waals surface area contributed by atoms with Crippen LogP contribution in [0.15, 0.2) is 149 Å². The third-order valence-electron chi connectivity index (χ3n) is 6.79. The van der Waals surface area contributed by atoms with Crippen LogP contribution in [0.25, 0.3) is 6.08 Å². The highest BCUT2D eigenvalue weighted by Gasteiger charge is 2.23. The summed E-state index contributed by atoms with van der Waals surface area (Å²) in [6.45, 7) is 0. The molecule has 0 aliphatic rings. The first-order valence-corrected chi connectivity index (χ1v) is 16.0. The van der Waals surface area contributed by atoms with Crippen LogP contribution in [-0.2, 0) is 9.59 Å². The topological polar surface area (TPSA) is 125 Å². The Kier molecular flexibility index (Phi) is 11.0. The van der Waals surface area contributed by atoms with Gasteiger partial charge in [0.1, 0.15) is 10.9 Å². The Morgan fingerprint density at radius 1 is 0.681 bits per heavy atom. The molecule has 0 fully saturated rings. The van der Waals surface area contributed by atoms with Crippen molar-refractivity contribution in [2.24, 2.45) is 0 Å². The van der Waals surface area contributed by atoms with E-state index in [1.807, 2.05) is 54.6 Å².